The molecule has 0 radical (unpaired) electrons. The van der Waals surface area contributed by atoms with Crippen LogP contribution in [-0.4, -0.2) is 24.5 Å². The van der Waals surface area contributed by atoms with Gasteiger partial charge in [-0.15, -0.1) is 11.3 Å². The van der Waals surface area contributed by atoms with Gasteiger partial charge in [-0.25, -0.2) is 4.98 Å². The Morgan fingerprint density at radius 1 is 1.23 bits per heavy atom. The van der Waals surface area contributed by atoms with Crippen LogP contribution in [0.25, 0.3) is 0 Å². The third kappa shape index (κ3) is 5.21. The van der Waals surface area contributed by atoms with Gasteiger partial charge in [0.1, 0.15) is 5.75 Å². The summed E-state index contributed by atoms with van der Waals surface area (Å²) in [5, 5.41) is 7.17. The molecule has 0 saturated carbocycles. The largest absolute Gasteiger partial charge is 0.497 e. The summed E-state index contributed by atoms with van der Waals surface area (Å²) < 4.78 is 5.10. The molecule has 0 fully saturated rings. The minimum absolute atomic E-state index is 0.149. The highest BCUT2D eigenvalue weighted by molar-refractivity contribution is 7.15. The van der Waals surface area contributed by atoms with Gasteiger partial charge in [-0.05, 0) is 42.0 Å². The van der Waals surface area contributed by atoms with Gasteiger partial charge < -0.3 is 15.4 Å². The number of carbonyl (C=O) groups is 1. The number of benzene rings is 2. The highest BCUT2D eigenvalue weighted by atomic mass is 35.5. The summed E-state index contributed by atoms with van der Waals surface area (Å²) in [5.41, 5.74) is 1.96. The first-order chi connectivity index (χ1) is 12.6. The van der Waals surface area contributed by atoms with Crippen molar-refractivity contribution in [2.75, 3.05) is 24.3 Å². The molecule has 3 aromatic rings. The predicted molar refractivity (Wildman–Crippen MR) is 106 cm³/mol. The molecular weight excluding hydrogens is 370 g/mol. The first-order valence-electron chi connectivity index (χ1n) is 7.99. The number of methoxy groups -OCH3 is 1. The average molecular weight is 388 g/mol. The van der Waals surface area contributed by atoms with Crippen LogP contribution in [0.2, 0.25) is 5.02 Å². The van der Waals surface area contributed by atoms with Gasteiger partial charge in [0, 0.05) is 28.2 Å². The molecular formula is C19H18ClN3O2S. The summed E-state index contributed by atoms with van der Waals surface area (Å²) in [6.07, 6.45) is 2.51. The minimum atomic E-state index is -0.149. The highest BCUT2D eigenvalue weighted by Crippen LogP contribution is 2.22. The van der Waals surface area contributed by atoms with Gasteiger partial charge in [-0.3, -0.25) is 4.79 Å². The zero-order valence-corrected chi connectivity index (χ0v) is 15.7. The average Bonchev–Trinajstić information content (AvgIpc) is 3.07. The maximum Gasteiger partial charge on any atom is 0.245 e. The van der Waals surface area contributed by atoms with Crippen LogP contribution in [-0.2, 0) is 11.2 Å². The van der Waals surface area contributed by atoms with E-state index >= 15 is 0 Å². The molecule has 0 bridgehead atoms. The number of nitrogens with one attached hydrogen (secondary N) is 2. The van der Waals surface area contributed by atoms with E-state index in [1.807, 2.05) is 48.5 Å². The molecule has 1 aromatic heterocycles. The first-order valence-corrected chi connectivity index (χ1v) is 9.19. The van der Waals surface area contributed by atoms with Crippen molar-refractivity contribution in [3.63, 3.8) is 0 Å². The number of hydrogen-bond acceptors (Lipinski definition) is 5. The molecule has 0 spiro atoms. The molecule has 0 aliphatic carbocycles. The fourth-order valence-electron chi connectivity index (χ4n) is 2.35. The molecule has 0 aliphatic rings. The van der Waals surface area contributed by atoms with Crippen LogP contribution in [0.15, 0.2) is 54.7 Å². The lowest BCUT2D eigenvalue weighted by Gasteiger charge is -2.07. The molecule has 7 heteroatoms. The second-order valence-corrected chi connectivity index (χ2v) is 7.12. The molecule has 134 valence electrons. The van der Waals surface area contributed by atoms with Gasteiger partial charge in [-0.1, -0.05) is 23.7 Å². The number of rotatable bonds is 7. The molecule has 0 aliphatic heterocycles. The lowest BCUT2D eigenvalue weighted by molar-refractivity contribution is -0.114. The van der Waals surface area contributed by atoms with Crippen LogP contribution in [0.1, 0.15) is 10.4 Å². The number of anilines is 2. The normalized spacial score (nSPS) is 10.4. The van der Waals surface area contributed by atoms with E-state index in [1.54, 1.807) is 13.3 Å². The Kier molecular flexibility index (Phi) is 6.09. The zero-order valence-electron chi connectivity index (χ0n) is 14.2. The zero-order chi connectivity index (χ0) is 18.4. The molecule has 26 heavy (non-hydrogen) atoms. The van der Waals surface area contributed by atoms with E-state index in [1.165, 1.54) is 11.3 Å². The van der Waals surface area contributed by atoms with Crippen molar-refractivity contribution in [3.05, 3.63) is 70.2 Å². The van der Waals surface area contributed by atoms with Crippen LogP contribution in [0.4, 0.5) is 10.8 Å². The van der Waals surface area contributed by atoms with E-state index in [-0.39, 0.29) is 12.5 Å². The van der Waals surface area contributed by atoms with Crippen LogP contribution in [0.3, 0.4) is 0 Å². The number of thiazole rings is 1. The Hall–Kier alpha value is -2.57. The minimum Gasteiger partial charge on any atom is -0.497 e. The van der Waals surface area contributed by atoms with Crippen LogP contribution < -0.4 is 15.4 Å². The summed E-state index contributed by atoms with van der Waals surface area (Å²) in [6, 6.07) is 15.1. The van der Waals surface area contributed by atoms with Crippen molar-refractivity contribution in [1.29, 1.82) is 0 Å². The molecule has 1 amide bonds. The number of amides is 1. The Morgan fingerprint density at radius 2 is 2.04 bits per heavy atom. The SMILES string of the molecule is COc1ccc(NCC(=O)Nc2ncc(Cc3cccc(Cl)c3)s2)cc1. The number of halogens is 1. The smallest absolute Gasteiger partial charge is 0.245 e. The first kappa shape index (κ1) is 18.2. The van der Waals surface area contributed by atoms with Crippen molar-refractivity contribution in [1.82, 2.24) is 4.98 Å². The summed E-state index contributed by atoms with van der Waals surface area (Å²) >= 11 is 7.46. The van der Waals surface area contributed by atoms with Crippen molar-refractivity contribution < 1.29 is 9.53 Å². The van der Waals surface area contributed by atoms with Crippen molar-refractivity contribution in [2.24, 2.45) is 0 Å². The van der Waals surface area contributed by atoms with E-state index in [4.69, 9.17) is 16.3 Å². The fraction of sp³-hybridized carbons (Fsp3) is 0.158. The van der Waals surface area contributed by atoms with Crippen LogP contribution in [0.5, 0.6) is 5.75 Å². The number of hydrogen-bond donors (Lipinski definition) is 2. The van der Waals surface area contributed by atoms with Gasteiger partial charge in [0.15, 0.2) is 5.13 Å². The van der Waals surface area contributed by atoms with Crippen LogP contribution >= 0.6 is 22.9 Å². The lowest BCUT2D eigenvalue weighted by Crippen LogP contribution is -2.21. The Balaban J connectivity index is 1.50. The summed E-state index contributed by atoms with van der Waals surface area (Å²) in [4.78, 5) is 17.4. The Labute approximate surface area is 161 Å². The summed E-state index contributed by atoms with van der Waals surface area (Å²) in [7, 11) is 1.62. The monoisotopic (exact) mass is 387 g/mol. The standard InChI is InChI=1S/C19H18ClN3O2S/c1-25-16-7-5-15(6-8-16)21-12-18(24)23-19-22-11-17(26-19)10-13-3-2-4-14(20)9-13/h2-9,11,21H,10,12H2,1H3,(H,22,23,24). The van der Waals surface area contributed by atoms with Gasteiger partial charge in [0.25, 0.3) is 0 Å². The summed E-state index contributed by atoms with van der Waals surface area (Å²) in [5.74, 6) is 0.625. The molecule has 0 unspecified atom stereocenters. The van der Waals surface area contributed by atoms with E-state index in [2.05, 4.69) is 15.6 Å². The molecule has 2 aromatic carbocycles. The third-order valence-electron chi connectivity index (χ3n) is 3.61. The van der Waals surface area contributed by atoms with Crippen molar-refractivity contribution >= 4 is 39.7 Å². The molecule has 0 atom stereocenters. The van der Waals surface area contributed by atoms with E-state index in [0.29, 0.717) is 10.2 Å². The second-order valence-electron chi connectivity index (χ2n) is 5.57. The lowest BCUT2D eigenvalue weighted by atomic mass is 10.1. The second kappa shape index (κ2) is 8.69. The predicted octanol–water partition coefficient (Wildman–Crippen LogP) is 4.45. The number of aromatic nitrogens is 1. The van der Waals surface area contributed by atoms with Crippen LogP contribution in [0, 0.1) is 0 Å². The number of nitrogens with zero attached hydrogens (tertiary/aromatic N) is 1. The van der Waals surface area contributed by atoms with Crippen molar-refractivity contribution in [3.8, 4) is 5.75 Å². The molecule has 0 saturated heterocycles. The van der Waals surface area contributed by atoms with E-state index in [9.17, 15) is 4.79 Å². The van der Waals surface area contributed by atoms with E-state index in [0.717, 1.165) is 28.3 Å². The van der Waals surface area contributed by atoms with Gasteiger partial charge in [0.05, 0.1) is 13.7 Å². The molecule has 1 heterocycles. The van der Waals surface area contributed by atoms with Crippen molar-refractivity contribution in [2.45, 2.75) is 6.42 Å². The fourth-order valence-corrected chi connectivity index (χ4v) is 3.43. The van der Waals surface area contributed by atoms with E-state index < -0.39 is 0 Å². The number of ether oxygens (including phenoxy) is 1. The Morgan fingerprint density at radius 3 is 2.77 bits per heavy atom. The van der Waals surface area contributed by atoms with Gasteiger partial charge in [-0.2, -0.15) is 0 Å². The topological polar surface area (TPSA) is 63.2 Å². The van der Waals surface area contributed by atoms with Gasteiger partial charge in [0.2, 0.25) is 5.91 Å². The maximum atomic E-state index is 12.1. The molecule has 3 rings (SSSR count). The summed E-state index contributed by atoms with van der Waals surface area (Å²) in [6.45, 7) is 0.162. The third-order valence-corrected chi connectivity index (χ3v) is 4.76. The van der Waals surface area contributed by atoms with Gasteiger partial charge >= 0.3 is 0 Å². The molecule has 5 nitrogen and oxygen atoms in total. The molecule has 2 N–H and O–H groups in total. The Bertz CT molecular complexity index is 881. The maximum absolute atomic E-state index is 12.1. The quantitative estimate of drug-likeness (QED) is 0.628. The number of carbonyl (C=O) groups excluding carboxylic acids is 1. The highest BCUT2D eigenvalue weighted by Gasteiger charge is 2.08.